The van der Waals surface area contributed by atoms with Gasteiger partial charge >= 0.3 is 12.1 Å². The molecule has 0 aliphatic heterocycles. The van der Waals surface area contributed by atoms with Crippen molar-refractivity contribution in [1.82, 2.24) is 0 Å². The van der Waals surface area contributed by atoms with Gasteiger partial charge in [-0.2, -0.15) is 13.2 Å². The molecule has 0 saturated carbocycles. The molecule has 0 radical (unpaired) electrons. The topological polar surface area (TPSA) is 55.8 Å². The molecule has 4 nitrogen and oxygen atoms in total. The Labute approximate surface area is 101 Å². The van der Waals surface area contributed by atoms with E-state index in [0.29, 0.717) is 0 Å². The molecule has 100 valence electrons. The van der Waals surface area contributed by atoms with Crippen molar-refractivity contribution in [2.75, 3.05) is 13.2 Å². The standard InChI is InChI=1S/C11H11F3O4/c1-2-17-9-5-7(10(15)16)3-4-8(9)18-6-11(12,13)14/h3-5H,2,6H2,1H3,(H,15,16). The summed E-state index contributed by atoms with van der Waals surface area (Å²) < 4.78 is 45.6. The largest absolute Gasteiger partial charge is 0.490 e. The summed E-state index contributed by atoms with van der Waals surface area (Å²) in [4.78, 5) is 10.7. The molecule has 18 heavy (non-hydrogen) atoms. The highest BCUT2D eigenvalue weighted by Crippen LogP contribution is 2.30. The zero-order valence-corrected chi connectivity index (χ0v) is 9.45. The molecule has 7 heteroatoms. The Morgan fingerprint density at radius 1 is 1.28 bits per heavy atom. The summed E-state index contributed by atoms with van der Waals surface area (Å²) in [6.45, 7) is 0.353. The third-order valence-electron chi connectivity index (χ3n) is 1.88. The normalized spacial score (nSPS) is 11.1. The molecule has 0 aromatic heterocycles. The highest BCUT2D eigenvalue weighted by molar-refractivity contribution is 5.88. The van der Waals surface area contributed by atoms with Crippen LogP contribution < -0.4 is 9.47 Å². The lowest BCUT2D eigenvalue weighted by Crippen LogP contribution is -2.19. The molecule has 0 unspecified atom stereocenters. The Kier molecular flexibility index (Phi) is 4.41. The van der Waals surface area contributed by atoms with Gasteiger partial charge < -0.3 is 14.6 Å². The van der Waals surface area contributed by atoms with Gasteiger partial charge in [0.2, 0.25) is 0 Å². The first-order chi connectivity index (χ1) is 8.33. The number of hydrogen-bond donors (Lipinski definition) is 1. The van der Waals surface area contributed by atoms with Crippen LogP contribution in [0.15, 0.2) is 18.2 Å². The fourth-order valence-electron chi connectivity index (χ4n) is 1.19. The molecular formula is C11H11F3O4. The zero-order chi connectivity index (χ0) is 13.8. The molecule has 0 spiro atoms. The highest BCUT2D eigenvalue weighted by atomic mass is 19.4. The molecule has 1 N–H and O–H groups in total. The number of aromatic carboxylic acids is 1. The van der Waals surface area contributed by atoms with E-state index in [2.05, 4.69) is 4.74 Å². The number of carboxylic acids is 1. The molecule has 1 aromatic carbocycles. The second-order valence-corrected chi connectivity index (χ2v) is 3.30. The lowest BCUT2D eigenvalue weighted by Gasteiger charge is -2.13. The summed E-state index contributed by atoms with van der Waals surface area (Å²) >= 11 is 0. The first-order valence-electron chi connectivity index (χ1n) is 5.03. The van der Waals surface area contributed by atoms with E-state index in [0.717, 1.165) is 18.2 Å². The SMILES string of the molecule is CCOc1cc(C(=O)O)ccc1OCC(F)(F)F. The van der Waals surface area contributed by atoms with Crippen molar-refractivity contribution < 1.29 is 32.5 Å². The van der Waals surface area contributed by atoms with Crippen LogP contribution in [-0.2, 0) is 0 Å². The molecule has 0 fully saturated rings. The van der Waals surface area contributed by atoms with Gasteiger partial charge in [-0.1, -0.05) is 0 Å². The summed E-state index contributed by atoms with van der Waals surface area (Å²) in [5, 5.41) is 8.75. The molecule has 0 aliphatic rings. The first-order valence-corrected chi connectivity index (χ1v) is 5.03. The van der Waals surface area contributed by atoms with Crippen LogP contribution in [0.3, 0.4) is 0 Å². The van der Waals surface area contributed by atoms with Gasteiger partial charge in [-0.3, -0.25) is 0 Å². The van der Waals surface area contributed by atoms with E-state index < -0.39 is 18.8 Å². The van der Waals surface area contributed by atoms with Crippen molar-refractivity contribution in [3.05, 3.63) is 23.8 Å². The van der Waals surface area contributed by atoms with Gasteiger partial charge in [0.05, 0.1) is 12.2 Å². The number of halogens is 3. The number of ether oxygens (including phenoxy) is 2. The first kappa shape index (κ1) is 14.1. The Balaban J connectivity index is 2.92. The van der Waals surface area contributed by atoms with E-state index in [4.69, 9.17) is 9.84 Å². The van der Waals surface area contributed by atoms with Crippen molar-refractivity contribution in [3.8, 4) is 11.5 Å². The summed E-state index contributed by atoms with van der Waals surface area (Å²) in [6.07, 6.45) is -4.46. The van der Waals surface area contributed by atoms with Gasteiger partial charge in [0, 0.05) is 0 Å². The maximum Gasteiger partial charge on any atom is 0.422 e. The van der Waals surface area contributed by atoms with Crippen LogP contribution >= 0.6 is 0 Å². The zero-order valence-electron chi connectivity index (χ0n) is 9.45. The van der Waals surface area contributed by atoms with Crippen LogP contribution in [0, 0.1) is 0 Å². The summed E-state index contributed by atoms with van der Waals surface area (Å²) in [7, 11) is 0. The summed E-state index contributed by atoms with van der Waals surface area (Å²) in [5.41, 5.74) is -0.0854. The fraction of sp³-hybridized carbons (Fsp3) is 0.364. The molecule has 0 bridgehead atoms. The number of carbonyl (C=O) groups is 1. The third kappa shape index (κ3) is 4.15. The number of rotatable bonds is 5. The minimum Gasteiger partial charge on any atom is -0.490 e. The minimum atomic E-state index is -4.46. The van der Waals surface area contributed by atoms with Gasteiger partial charge in [-0.15, -0.1) is 0 Å². The van der Waals surface area contributed by atoms with Gasteiger partial charge in [0.1, 0.15) is 0 Å². The lowest BCUT2D eigenvalue weighted by atomic mass is 10.2. The number of carboxylic acid groups (broad SMARTS) is 1. The van der Waals surface area contributed by atoms with Gasteiger partial charge in [-0.25, -0.2) is 4.79 Å². The smallest absolute Gasteiger partial charge is 0.422 e. The van der Waals surface area contributed by atoms with E-state index >= 15 is 0 Å². The molecule has 0 aliphatic carbocycles. The Morgan fingerprint density at radius 2 is 1.94 bits per heavy atom. The number of hydrogen-bond acceptors (Lipinski definition) is 3. The average Bonchev–Trinajstić information content (AvgIpc) is 2.26. The maximum atomic E-state index is 12.0. The fourth-order valence-corrected chi connectivity index (χ4v) is 1.19. The van der Waals surface area contributed by atoms with Crippen LogP contribution in [-0.4, -0.2) is 30.5 Å². The second-order valence-electron chi connectivity index (χ2n) is 3.30. The molecule has 1 aromatic rings. The molecule has 0 heterocycles. The van der Waals surface area contributed by atoms with Gasteiger partial charge in [-0.05, 0) is 25.1 Å². The van der Waals surface area contributed by atoms with Crippen LogP contribution in [0.5, 0.6) is 11.5 Å². The molecule has 0 atom stereocenters. The quantitative estimate of drug-likeness (QED) is 0.888. The van der Waals surface area contributed by atoms with Crippen molar-refractivity contribution in [1.29, 1.82) is 0 Å². The summed E-state index contributed by atoms with van der Waals surface area (Å²) in [6, 6.07) is 3.41. The minimum absolute atomic E-state index is 0.0262. The maximum absolute atomic E-state index is 12.0. The average molecular weight is 264 g/mol. The summed E-state index contributed by atoms with van der Waals surface area (Å²) in [5.74, 6) is -1.36. The van der Waals surface area contributed by atoms with Crippen LogP contribution in [0.4, 0.5) is 13.2 Å². The predicted molar refractivity (Wildman–Crippen MR) is 56.1 cm³/mol. The Bertz CT molecular complexity index is 429. The van der Waals surface area contributed by atoms with Crippen LogP contribution in [0.2, 0.25) is 0 Å². The molecular weight excluding hydrogens is 253 g/mol. The highest BCUT2D eigenvalue weighted by Gasteiger charge is 2.29. The Hall–Kier alpha value is -1.92. The van der Waals surface area contributed by atoms with Crippen molar-refractivity contribution in [2.24, 2.45) is 0 Å². The molecule has 0 amide bonds. The van der Waals surface area contributed by atoms with Crippen molar-refractivity contribution >= 4 is 5.97 Å². The lowest BCUT2D eigenvalue weighted by molar-refractivity contribution is -0.153. The number of benzene rings is 1. The van der Waals surface area contributed by atoms with E-state index in [-0.39, 0.29) is 23.7 Å². The molecule has 1 rings (SSSR count). The van der Waals surface area contributed by atoms with E-state index in [9.17, 15) is 18.0 Å². The van der Waals surface area contributed by atoms with Gasteiger partial charge in [0.25, 0.3) is 0 Å². The van der Waals surface area contributed by atoms with Gasteiger partial charge in [0.15, 0.2) is 18.1 Å². The monoisotopic (exact) mass is 264 g/mol. The van der Waals surface area contributed by atoms with E-state index in [1.54, 1.807) is 6.92 Å². The van der Waals surface area contributed by atoms with E-state index in [1.807, 2.05) is 0 Å². The predicted octanol–water partition coefficient (Wildman–Crippen LogP) is 2.72. The number of alkyl halides is 3. The van der Waals surface area contributed by atoms with Crippen LogP contribution in [0.25, 0.3) is 0 Å². The molecule has 0 saturated heterocycles. The van der Waals surface area contributed by atoms with Crippen molar-refractivity contribution in [2.45, 2.75) is 13.1 Å². The third-order valence-corrected chi connectivity index (χ3v) is 1.88. The van der Waals surface area contributed by atoms with Crippen molar-refractivity contribution in [3.63, 3.8) is 0 Å². The van der Waals surface area contributed by atoms with E-state index in [1.165, 1.54) is 0 Å². The Morgan fingerprint density at radius 3 is 2.44 bits per heavy atom. The second kappa shape index (κ2) is 5.61. The van der Waals surface area contributed by atoms with Crippen LogP contribution in [0.1, 0.15) is 17.3 Å².